The van der Waals surface area contributed by atoms with E-state index in [4.69, 9.17) is 0 Å². The molecule has 0 heterocycles. The van der Waals surface area contributed by atoms with E-state index in [2.05, 4.69) is 31.5 Å². The Bertz CT molecular complexity index is 192. The van der Waals surface area contributed by atoms with E-state index in [1.165, 1.54) is 0 Å². The summed E-state index contributed by atoms with van der Waals surface area (Å²) < 4.78 is 0. The molecule has 0 unspecified atom stereocenters. The first kappa shape index (κ1) is 12.4. The molecule has 0 radical (unpaired) electrons. The maximum atomic E-state index is 9.99. The van der Waals surface area contributed by atoms with Crippen LogP contribution in [0, 0.1) is 11.8 Å². The van der Waals surface area contributed by atoms with Gasteiger partial charge in [-0.2, -0.15) is 0 Å². The first-order chi connectivity index (χ1) is 6.06. The molecule has 74 valence electrons. The van der Waals surface area contributed by atoms with E-state index >= 15 is 0 Å². The molecule has 0 bridgehead atoms. The van der Waals surface area contributed by atoms with Crippen LogP contribution in [0.4, 0.5) is 0 Å². The van der Waals surface area contributed by atoms with Crippen LogP contribution in [0.15, 0.2) is 0 Å². The molecular formula is C11H20OSi. The standard InChI is InChI=1S/C11H20OSi/c1-13(2,3)11-9-7-5-4-6-8-10-12/h10H,4-6,8,11H2,1-3H3. The second kappa shape index (κ2) is 6.91. The summed E-state index contributed by atoms with van der Waals surface area (Å²) >= 11 is 0. The summed E-state index contributed by atoms with van der Waals surface area (Å²) in [5, 5.41) is 0. The van der Waals surface area contributed by atoms with Crippen LogP contribution in [0.3, 0.4) is 0 Å². The minimum atomic E-state index is -0.962. The number of aldehydes is 1. The smallest absolute Gasteiger partial charge is 0.119 e. The molecule has 13 heavy (non-hydrogen) atoms. The fourth-order valence-corrected chi connectivity index (χ4v) is 1.51. The average molecular weight is 196 g/mol. The molecule has 0 aromatic carbocycles. The van der Waals surface area contributed by atoms with E-state index in [-0.39, 0.29) is 0 Å². The third kappa shape index (κ3) is 11.4. The van der Waals surface area contributed by atoms with Gasteiger partial charge in [-0.25, -0.2) is 0 Å². The van der Waals surface area contributed by atoms with Crippen molar-refractivity contribution in [3.05, 3.63) is 0 Å². The van der Waals surface area contributed by atoms with Crippen molar-refractivity contribution in [3.63, 3.8) is 0 Å². The highest BCUT2D eigenvalue weighted by atomic mass is 28.3. The molecule has 0 aliphatic carbocycles. The lowest BCUT2D eigenvalue weighted by Crippen LogP contribution is -2.17. The fourth-order valence-electron chi connectivity index (χ4n) is 0.857. The summed E-state index contributed by atoms with van der Waals surface area (Å²) in [6.45, 7) is 6.98. The Balaban J connectivity index is 3.35. The van der Waals surface area contributed by atoms with Crippen molar-refractivity contribution in [1.82, 2.24) is 0 Å². The molecule has 1 nitrogen and oxygen atoms in total. The third-order valence-corrected chi connectivity index (χ3v) is 2.85. The molecule has 0 rings (SSSR count). The van der Waals surface area contributed by atoms with Crippen molar-refractivity contribution < 1.29 is 4.79 Å². The van der Waals surface area contributed by atoms with Crippen LogP contribution in [0.5, 0.6) is 0 Å². The average Bonchev–Trinajstić information content (AvgIpc) is 2.01. The lowest BCUT2D eigenvalue weighted by atomic mass is 10.2. The summed E-state index contributed by atoms with van der Waals surface area (Å²) in [6.07, 6.45) is 4.69. The molecule has 0 amide bonds. The second-order valence-corrected chi connectivity index (χ2v) is 9.98. The van der Waals surface area contributed by atoms with Gasteiger partial charge in [0.15, 0.2) is 0 Å². The maximum absolute atomic E-state index is 9.99. The molecule has 0 N–H and O–H groups in total. The zero-order chi connectivity index (χ0) is 10.2. The van der Waals surface area contributed by atoms with E-state index in [0.717, 1.165) is 31.6 Å². The molecule has 0 aliphatic heterocycles. The van der Waals surface area contributed by atoms with Crippen molar-refractivity contribution in [3.8, 4) is 11.8 Å². The molecule has 0 aliphatic rings. The van der Waals surface area contributed by atoms with Gasteiger partial charge in [-0.15, -0.1) is 11.8 Å². The van der Waals surface area contributed by atoms with Crippen LogP contribution in [0.25, 0.3) is 0 Å². The molecule has 0 aromatic rings. The van der Waals surface area contributed by atoms with Crippen LogP contribution in [-0.4, -0.2) is 14.4 Å². The molecule has 0 atom stereocenters. The SMILES string of the molecule is C[Si](C)(C)CC#CCCCCC=O. The van der Waals surface area contributed by atoms with Crippen LogP contribution in [0.2, 0.25) is 25.7 Å². The molecule has 0 saturated heterocycles. The first-order valence-corrected chi connectivity index (χ1v) is 8.66. The van der Waals surface area contributed by atoms with Gasteiger partial charge in [-0.05, 0) is 12.8 Å². The Morgan fingerprint density at radius 1 is 1.15 bits per heavy atom. The summed E-state index contributed by atoms with van der Waals surface area (Å²) in [5.74, 6) is 6.40. The highest BCUT2D eigenvalue weighted by Crippen LogP contribution is 2.06. The van der Waals surface area contributed by atoms with Gasteiger partial charge in [0.25, 0.3) is 0 Å². The summed E-state index contributed by atoms with van der Waals surface area (Å²) in [4.78, 5) is 9.99. The second-order valence-electron chi connectivity index (χ2n) is 4.50. The number of rotatable bonds is 5. The van der Waals surface area contributed by atoms with E-state index in [9.17, 15) is 4.79 Å². The molecule has 0 fully saturated rings. The number of carbonyl (C=O) groups is 1. The van der Waals surface area contributed by atoms with Crippen molar-refractivity contribution >= 4 is 14.4 Å². The Labute approximate surface area is 82.9 Å². The molecule has 2 heteroatoms. The molecule has 0 aromatic heterocycles. The van der Waals surface area contributed by atoms with Crippen molar-refractivity contribution in [2.45, 2.75) is 51.4 Å². The van der Waals surface area contributed by atoms with E-state index in [1.54, 1.807) is 0 Å². The van der Waals surface area contributed by atoms with Crippen LogP contribution in [-0.2, 0) is 4.79 Å². The van der Waals surface area contributed by atoms with Gasteiger partial charge in [0.05, 0.1) is 8.07 Å². The minimum absolute atomic E-state index is 0.690. The highest BCUT2D eigenvalue weighted by molar-refractivity contribution is 6.76. The topological polar surface area (TPSA) is 17.1 Å². The van der Waals surface area contributed by atoms with Crippen LogP contribution < -0.4 is 0 Å². The number of hydrogen-bond acceptors (Lipinski definition) is 1. The predicted octanol–water partition coefficient (Wildman–Crippen LogP) is 3.09. The van der Waals surface area contributed by atoms with Crippen LogP contribution in [0.1, 0.15) is 25.7 Å². The third-order valence-electron chi connectivity index (χ3n) is 1.62. The summed E-state index contributed by atoms with van der Waals surface area (Å²) in [5.41, 5.74) is 0. The molecule has 0 saturated carbocycles. The Hall–Kier alpha value is -0.553. The van der Waals surface area contributed by atoms with Gasteiger partial charge in [-0.3, -0.25) is 0 Å². The quantitative estimate of drug-likeness (QED) is 0.286. The van der Waals surface area contributed by atoms with Gasteiger partial charge in [0.1, 0.15) is 6.29 Å². The lowest BCUT2D eigenvalue weighted by molar-refractivity contribution is -0.107. The molecular weight excluding hydrogens is 176 g/mol. The van der Waals surface area contributed by atoms with E-state index < -0.39 is 8.07 Å². The molecule has 0 spiro atoms. The number of unbranched alkanes of at least 4 members (excludes halogenated alkanes) is 3. The van der Waals surface area contributed by atoms with Crippen molar-refractivity contribution in [1.29, 1.82) is 0 Å². The largest absolute Gasteiger partial charge is 0.303 e. The van der Waals surface area contributed by atoms with Crippen molar-refractivity contribution in [2.24, 2.45) is 0 Å². The van der Waals surface area contributed by atoms with Gasteiger partial charge < -0.3 is 4.79 Å². The first-order valence-electron chi connectivity index (χ1n) is 4.95. The maximum Gasteiger partial charge on any atom is 0.119 e. The van der Waals surface area contributed by atoms with E-state index in [0.29, 0.717) is 6.42 Å². The summed E-state index contributed by atoms with van der Waals surface area (Å²) in [6, 6.07) is 1.10. The van der Waals surface area contributed by atoms with Crippen molar-refractivity contribution in [2.75, 3.05) is 0 Å². The van der Waals surface area contributed by atoms with Gasteiger partial charge in [0.2, 0.25) is 0 Å². The Morgan fingerprint density at radius 2 is 1.85 bits per heavy atom. The number of hydrogen-bond donors (Lipinski definition) is 0. The van der Waals surface area contributed by atoms with Crippen LogP contribution >= 0.6 is 0 Å². The predicted molar refractivity (Wildman–Crippen MR) is 60.5 cm³/mol. The minimum Gasteiger partial charge on any atom is -0.303 e. The lowest BCUT2D eigenvalue weighted by Gasteiger charge is -2.09. The number of carbonyl (C=O) groups excluding carboxylic acids is 1. The normalized spacial score (nSPS) is 10.4. The Kier molecular flexibility index (Phi) is 6.62. The monoisotopic (exact) mass is 196 g/mol. The fraction of sp³-hybridized carbons (Fsp3) is 0.727. The summed E-state index contributed by atoms with van der Waals surface area (Å²) in [7, 11) is -0.962. The Morgan fingerprint density at radius 3 is 2.38 bits per heavy atom. The zero-order valence-corrected chi connectivity index (χ0v) is 10.0. The van der Waals surface area contributed by atoms with Gasteiger partial charge in [-0.1, -0.05) is 19.6 Å². The highest BCUT2D eigenvalue weighted by Gasteiger charge is 2.09. The zero-order valence-electron chi connectivity index (χ0n) is 9.02. The van der Waals surface area contributed by atoms with Gasteiger partial charge >= 0.3 is 0 Å². The van der Waals surface area contributed by atoms with Gasteiger partial charge in [0, 0.05) is 18.9 Å². The van der Waals surface area contributed by atoms with E-state index in [1.807, 2.05) is 0 Å².